The fourth-order valence-corrected chi connectivity index (χ4v) is 7.95. The first-order valence-electron chi connectivity index (χ1n) is 13.0. The van der Waals surface area contributed by atoms with Crippen LogP contribution in [0.4, 0.5) is 5.69 Å². The predicted octanol–water partition coefficient (Wildman–Crippen LogP) is 4.43. The predicted molar refractivity (Wildman–Crippen MR) is 168 cm³/mol. The summed E-state index contributed by atoms with van der Waals surface area (Å²) in [6.45, 7) is 0.0183. The zero-order valence-electron chi connectivity index (χ0n) is 23.4. The molecule has 4 rings (SSSR count). The van der Waals surface area contributed by atoms with Crippen molar-refractivity contribution in [3.63, 3.8) is 0 Å². The molecule has 10 nitrogen and oxygen atoms in total. The fourth-order valence-electron chi connectivity index (χ4n) is 4.36. The van der Waals surface area contributed by atoms with E-state index in [1.807, 2.05) is 12.1 Å². The molecule has 0 radical (unpaired) electrons. The molecule has 226 valence electrons. The number of carboxylic acid groups (broad SMARTS) is 1. The van der Waals surface area contributed by atoms with Crippen molar-refractivity contribution in [3.05, 3.63) is 109 Å². The van der Waals surface area contributed by atoms with Crippen LogP contribution in [-0.2, 0) is 24.8 Å². The molecule has 3 aromatic carbocycles. The third-order valence-corrected chi connectivity index (χ3v) is 10.5. The van der Waals surface area contributed by atoms with Gasteiger partial charge in [-0.1, -0.05) is 54.6 Å². The third kappa shape index (κ3) is 8.35. The molecule has 0 bridgehead atoms. The van der Waals surface area contributed by atoms with Gasteiger partial charge in [-0.3, -0.25) is 14.1 Å². The molecule has 2 atom stereocenters. The van der Waals surface area contributed by atoms with Crippen LogP contribution >= 0.6 is 11.8 Å². The Bertz CT molecular complexity index is 1720. The van der Waals surface area contributed by atoms with Gasteiger partial charge in [0.1, 0.15) is 11.8 Å². The van der Waals surface area contributed by atoms with E-state index in [2.05, 4.69) is 9.71 Å². The lowest BCUT2D eigenvalue weighted by Crippen LogP contribution is -2.44. The summed E-state index contributed by atoms with van der Waals surface area (Å²) in [5, 5.41) is 9.33. The van der Waals surface area contributed by atoms with Crippen LogP contribution in [-0.4, -0.2) is 64.6 Å². The number of benzene rings is 3. The lowest BCUT2D eigenvalue weighted by atomic mass is 10.1. The number of hydrogen-bond acceptors (Lipinski definition) is 8. The Morgan fingerprint density at radius 2 is 1.56 bits per heavy atom. The van der Waals surface area contributed by atoms with Crippen molar-refractivity contribution in [1.82, 2.24) is 9.71 Å². The maximum absolute atomic E-state index is 13.4. The second kappa shape index (κ2) is 14.0. The summed E-state index contributed by atoms with van der Waals surface area (Å²) in [7, 11) is -6.35. The highest BCUT2D eigenvalue weighted by atomic mass is 32.2. The van der Waals surface area contributed by atoms with E-state index in [0.29, 0.717) is 17.0 Å². The fraction of sp³-hybridized carbons (Fsp3) is 0.200. The summed E-state index contributed by atoms with van der Waals surface area (Å²) in [5.41, 5.74) is 2.58. The maximum Gasteiger partial charge on any atom is 0.323 e. The molecule has 0 spiro atoms. The zero-order valence-corrected chi connectivity index (χ0v) is 25.8. The summed E-state index contributed by atoms with van der Waals surface area (Å²) in [5.74, 6) is -0.505. The van der Waals surface area contributed by atoms with Gasteiger partial charge in [-0.15, -0.1) is 11.8 Å². The molecule has 0 saturated carbocycles. The minimum absolute atomic E-state index is 0.0183. The Labute approximate surface area is 255 Å². The smallest absolute Gasteiger partial charge is 0.323 e. The quantitative estimate of drug-likeness (QED) is 0.204. The van der Waals surface area contributed by atoms with Crippen LogP contribution < -0.4 is 13.8 Å². The van der Waals surface area contributed by atoms with E-state index in [1.54, 1.807) is 73.8 Å². The average molecular weight is 642 g/mol. The summed E-state index contributed by atoms with van der Waals surface area (Å²) in [4.78, 5) is 16.4. The number of sulfonamides is 2. The number of methoxy groups -OCH3 is 1. The molecule has 0 aliphatic rings. The first-order chi connectivity index (χ1) is 20.5. The van der Waals surface area contributed by atoms with E-state index in [4.69, 9.17) is 4.74 Å². The van der Waals surface area contributed by atoms with Crippen LogP contribution in [0.2, 0.25) is 0 Å². The van der Waals surface area contributed by atoms with E-state index in [-0.39, 0.29) is 17.2 Å². The summed E-state index contributed by atoms with van der Waals surface area (Å²) in [6, 6.07) is 23.7. The molecule has 43 heavy (non-hydrogen) atoms. The Kier molecular flexibility index (Phi) is 10.5. The lowest BCUT2D eigenvalue weighted by Gasteiger charge is -2.27. The van der Waals surface area contributed by atoms with Crippen LogP contribution in [0.25, 0.3) is 11.1 Å². The van der Waals surface area contributed by atoms with Gasteiger partial charge in [0.15, 0.2) is 0 Å². The molecular formula is C30H31N3O7S3. The number of carboxylic acids is 1. The highest BCUT2D eigenvalue weighted by Gasteiger charge is 2.34. The standard InChI is InChI=1S/C30H31N3O7S3/c1-40-26-14-10-22(11-15-26)23-12-16-27(17-13-23)43(38,39)32-28(30(34)35)29(24-7-4-3-5-8-24)41-20-19-33(42(2,36)37)25-9-6-18-31-21-25/h3-18,21,28-29,32H,19-20H2,1-2H3,(H,34,35)/t28-,29-/m1/s1. The van der Waals surface area contributed by atoms with Crippen molar-refractivity contribution >= 4 is 43.5 Å². The van der Waals surface area contributed by atoms with Gasteiger partial charge in [0.2, 0.25) is 20.0 Å². The van der Waals surface area contributed by atoms with E-state index < -0.39 is 37.3 Å². The minimum Gasteiger partial charge on any atom is -0.497 e. The first kappa shape index (κ1) is 32.0. The van der Waals surface area contributed by atoms with E-state index in [9.17, 15) is 26.7 Å². The van der Waals surface area contributed by atoms with E-state index >= 15 is 0 Å². The number of rotatable bonds is 14. The zero-order chi connectivity index (χ0) is 31.0. The normalized spacial score (nSPS) is 13.2. The summed E-state index contributed by atoms with van der Waals surface area (Å²) in [6.07, 6.45) is 4.03. The van der Waals surface area contributed by atoms with Crippen LogP contribution in [0.1, 0.15) is 10.8 Å². The number of ether oxygens (including phenoxy) is 1. The Hall–Kier alpha value is -3.91. The summed E-state index contributed by atoms with van der Waals surface area (Å²) < 4.78 is 60.6. The SMILES string of the molecule is COc1ccc(-c2ccc(S(=O)(=O)N[C@@H](C(=O)O)[C@H](SCCN(c3cccnc3)S(C)(=O)=O)c3ccccc3)cc2)cc1. The van der Waals surface area contributed by atoms with Crippen LogP contribution in [0.15, 0.2) is 108 Å². The van der Waals surface area contributed by atoms with Crippen molar-refractivity contribution in [2.75, 3.05) is 30.0 Å². The van der Waals surface area contributed by atoms with Crippen molar-refractivity contribution in [3.8, 4) is 16.9 Å². The number of hydrogen-bond donors (Lipinski definition) is 2. The largest absolute Gasteiger partial charge is 0.497 e. The van der Waals surface area contributed by atoms with Crippen LogP contribution in [0.3, 0.4) is 0 Å². The van der Waals surface area contributed by atoms with Gasteiger partial charge in [0.05, 0.1) is 35.4 Å². The number of anilines is 1. The van der Waals surface area contributed by atoms with Gasteiger partial charge in [0, 0.05) is 18.5 Å². The molecule has 4 aromatic rings. The van der Waals surface area contributed by atoms with Gasteiger partial charge in [-0.05, 0) is 53.1 Å². The number of pyridine rings is 1. The Morgan fingerprint density at radius 3 is 2.09 bits per heavy atom. The number of aromatic nitrogens is 1. The highest BCUT2D eigenvalue weighted by Crippen LogP contribution is 2.34. The van der Waals surface area contributed by atoms with Crippen LogP contribution in [0.5, 0.6) is 5.75 Å². The number of nitrogens with one attached hydrogen (secondary N) is 1. The van der Waals surface area contributed by atoms with Gasteiger partial charge in [0.25, 0.3) is 0 Å². The van der Waals surface area contributed by atoms with Gasteiger partial charge >= 0.3 is 5.97 Å². The average Bonchev–Trinajstić information content (AvgIpc) is 3.00. The van der Waals surface area contributed by atoms with Gasteiger partial charge < -0.3 is 9.84 Å². The highest BCUT2D eigenvalue weighted by molar-refractivity contribution is 7.99. The second-order valence-corrected chi connectivity index (χ2v) is 14.3. The molecule has 13 heteroatoms. The number of carbonyl (C=O) groups is 1. The third-order valence-electron chi connectivity index (χ3n) is 6.49. The second-order valence-electron chi connectivity index (χ2n) is 9.44. The minimum atomic E-state index is -4.25. The van der Waals surface area contributed by atoms with Crippen LogP contribution in [0, 0.1) is 0 Å². The van der Waals surface area contributed by atoms with Crippen molar-refractivity contribution in [1.29, 1.82) is 0 Å². The number of thioether (sulfide) groups is 1. The maximum atomic E-state index is 13.4. The van der Waals surface area contributed by atoms with Gasteiger partial charge in [-0.2, -0.15) is 4.72 Å². The molecule has 0 saturated heterocycles. The molecule has 1 aromatic heterocycles. The monoisotopic (exact) mass is 641 g/mol. The van der Waals surface area contributed by atoms with Gasteiger partial charge in [-0.25, -0.2) is 16.8 Å². The number of nitrogens with zero attached hydrogens (tertiary/aromatic N) is 2. The first-order valence-corrected chi connectivity index (χ1v) is 17.4. The molecule has 2 N–H and O–H groups in total. The Balaban J connectivity index is 1.56. The van der Waals surface area contributed by atoms with E-state index in [1.165, 1.54) is 28.8 Å². The van der Waals surface area contributed by atoms with Crippen molar-refractivity contribution in [2.45, 2.75) is 16.2 Å². The molecule has 1 heterocycles. The molecule has 0 fully saturated rings. The molecule has 0 aliphatic carbocycles. The molecule has 0 aliphatic heterocycles. The lowest BCUT2D eigenvalue weighted by molar-refractivity contribution is -0.139. The summed E-state index contributed by atoms with van der Waals surface area (Å²) >= 11 is 1.14. The van der Waals surface area contributed by atoms with Crippen molar-refractivity contribution in [2.24, 2.45) is 0 Å². The molecule has 0 amide bonds. The Morgan fingerprint density at radius 1 is 0.930 bits per heavy atom. The van der Waals surface area contributed by atoms with E-state index in [0.717, 1.165) is 29.1 Å². The van der Waals surface area contributed by atoms with Crippen molar-refractivity contribution < 1.29 is 31.5 Å². The number of aliphatic carboxylic acids is 1. The molecule has 0 unspecified atom stereocenters. The molecular weight excluding hydrogens is 611 g/mol. The topological polar surface area (TPSA) is 143 Å².